The summed E-state index contributed by atoms with van der Waals surface area (Å²) in [7, 11) is 0. The Morgan fingerprint density at radius 1 is 1.40 bits per heavy atom. The number of aromatic nitrogens is 3. The summed E-state index contributed by atoms with van der Waals surface area (Å²) in [5.41, 5.74) is 0. The van der Waals surface area contributed by atoms with E-state index in [4.69, 9.17) is 9.47 Å². The smallest absolute Gasteiger partial charge is 0.323 e. The first-order valence-corrected chi connectivity index (χ1v) is 7.09. The van der Waals surface area contributed by atoms with Gasteiger partial charge in [-0.25, -0.2) is 4.98 Å². The molecule has 2 saturated heterocycles. The van der Waals surface area contributed by atoms with Gasteiger partial charge in [0.25, 0.3) is 0 Å². The minimum Gasteiger partial charge on any atom is -0.464 e. The number of cyclic esters (lactones) is 1. The second kappa shape index (κ2) is 5.49. The molecule has 7 nitrogen and oxygen atoms in total. The third-order valence-corrected chi connectivity index (χ3v) is 3.79. The Morgan fingerprint density at radius 2 is 2.25 bits per heavy atom. The molecule has 110 valence electrons. The zero-order valence-corrected chi connectivity index (χ0v) is 11.8. The highest BCUT2D eigenvalue weighted by Crippen LogP contribution is 2.24. The van der Waals surface area contributed by atoms with E-state index in [1.54, 1.807) is 0 Å². The van der Waals surface area contributed by atoms with Crippen LogP contribution in [0.1, 0.15) is 43.9 Å². The van der Waals surface area contributed by atoms with Crippen LogP contribution in [0.25, 0.3) is 0 Å². The van der Waals surface area contributed by atoms with Crippen LogP contribution in [0.5, 0.6) is 0 Å². The van der Waals surface area contributed by atoms with Gasteiger partial charge in [-0.15, -0.1) is 0 Å². The number of nitrogens with zero attached hydrogens (tertiary/aromatic N) is 3. The molecule has 7 heteroatoms. The number of H-pyrrole nitrogens is 1. The van der Waals surface area contributed by atoms with Gasteiger partial charge < -0.3 is 9.47 Å². The third-order valence-electron chi connectivity index (χ3n) is 3.79. The summed E-state index contributed by atoms with van der Waals surface area (Å²) < 4.78 is 10.8. The average molecular weight is 280 g/mol. The van der Waals surface area contributed by atoms with Gasteiger partial charge in [0.05, 0.1) is 13.2 Å². The van der Waals surface area contributed by atoms with Crippen molar-refractivity contribution in [2.45, 2.75) is 38.3 Å². The summed E-state index contributed by atoms with van der Waals surface area (Å²) in [6.07, 6.45) is 0.608. The molecule has 0 saturated carbocycles. The first kappa shape index (κ1) is 13.5. The number of carbonyl (C=O) groups excluding carboxylic acids is 1. The standard InChI is InChI=1S/C13H20N4O3/c1-8(2)11-14-12(16-15-11)10-7-17(4-6-19-10)9-3-5-20-13(9)18/h8-10H,3-7H2,1-2H3,(H,14,15,16)/t9-,10-/m0/s1. The molecule has 0 amide bonds. The second-order valence-electron chi connectivity index (χ2n) is 5.56. The van der Waals surface area contributed by atoms with Crippen molar-refractivity contribution >= 4 is 5.97 Å². The number of carbonyl (C=O) groups is 1. The third kappa shape index (κ3) is 2.55. The van der Waals surface area contributed by atoms with E-state index in [1.807, 2.05) is 0 Å². The molecule has 0 radical (unpaired) electrons. The Bertz CT molecular complexity index is 488. The van der Waals surface area contributed by atoms with Gasteiger partial charge >= 0.3 is 5.97 Å². The summed E-state index contributed by atoms with van der Waals surface area (Å²) in [6, 6.07) is -0.131. The molecule has 0 bridgehead atoms. The van der Waals surface area contributed by atoms with E-state index in [0.717, 1.165) is 24.6 Å². The van der Waals surface area contributed by atoms with E-state index in [2.05, 4.69) is 33.9 Å². The maximum absolute atomic E-state index is 11.7. The molecule has 1 N–H and O–H groups in total. The number of hydrogen-bond acceptors (Lipinski definition) is 6. The normalized spacial score (nSPS) is 28.1. The van der Waals surface area contributed by atoms with Crippen molar-refractivity contribution in [3.63, 3.8) is 0 Å². The van der Waals surface area contributed by atoms with E-state index in [-0.39, 0.29) is 24.0 Å². The van der Waals surface area contributed by atoms with Crippen LogP contribution < -0.4 is 0 Å². The van der Waals surface area contributed by atoms with Gasteiger partial charge in [0.2, 0.25) is 0 Å². The van der Waals surface area contributed by atoms with Gasteiger partial charge in [0.15, 0.2) is 11.6 Å². The second-order valence-corrected chi connectivity index (χ2v) is 5.56. The van der Waals surface area contributed by atoms with Gasteiger partial charge in [0.1, 0.15) is 12.1 Å². The molecule has 2 atom stereocenters. The molecular weight excluding hydrogens is 260 g/mol. The Hall–Kier alpha value is -1.47. The van der Waals surface area contributed by atoms with Crippen LogP contribution in [-0.4, -0.2) is 58.4 Å². The quantitative estimate of drug-likeness (QED) is 0.817. The van der Waals surface area contributed by atoms with Crippen molar-refractivity contribution < 1.29 is 14.3 Å². The lowest BCUT2D eigenvalue weighted by Gasteiger charge is -2.34. The van der Waals surface area contributed by atoms with Crippen molar-refractivity contribution in [1.82, 2.24) is 20.1 Å². The predicted octanol–water partition coefficient (Wildman–Crippen LogP) is 0.617. The lowest BCUT2D eigenvalue weighted by atomic mass is 10.1. The lowest BCUT2D eigenvalue weighted by Crippen LogP contribution is -2.46. The highest BCUT2D eigenvalue weighted by molar-refractivity contribution is 5.77. The fraction of sp³-hybridized carbons (Fsp3) is 0.769. The number of esters is 1. The van der Waals surface area contributed by atoms with Crippen LogP contribution in [-0.2, 0) is 14.3 Å². The SMILES string of the molecule is CC(C)c1n[nH]c([C@@H]2CN([C@H]3CCOC3=O)CCO2)n1. The average Bonchev–Trinajstić information content (AvgIpc) is 3.07. The maximum atomic E-state index is 11.7. The van der Waals surface area contributed by atoms with Crippen LogP contribution in [0.2, 0.25) is 0 Å². The van der Waals surface area contributed by atoms with Crippen molar-refractivity contribution in [3.05, 3.63) is 11.6 Å². The first-order valence-electron chi connectivity index (χ1n) is 7.09. The van der Waals surface area contributed by atoms with Crippen molar-refractivity contribution in [1.29, 1.82) is 0 Å². The van der Waals surface area contributed by atoms with Crippen molar-refractivity contribution in [2.75, 3.05) is 26.3 Å². The number of aromatic amines is 1. The molecule has 2 aliphatic heterocycles. The maximum Gasteiger partial charge on any atom is 0.323 e. The van der Waals surface area contributed by atoms with Crippen molar-refractivity contribution in [3.8, 4) is 0 Å². The van der Waals surface area contributed by atoms with E-state index < -0.39 is 0 Å². The highest BCUT2D eigenvalue weighted by atomic mass is 16.5. The number of ether oxygens (including phenoxy) is 2. The largest absolute Gasteiger partial charge is 0.464 e. The highest BCUT2D eigenvalue weighted by Gasteiger charge is 2.36. The Kier molecular flexibility index (Phi) is 3.71. The van der Waals surface area contributed by atoms with Gasteiger partial charge in [-0.3, -0.25) is 14.8 Å². The topological polar surface area (TPSA) is 80.3 Å². The van der Waals surface area contributed by atoms with E-state index in [1.165, 1.54) is 0 Å². The van der Waals surface area contributed by atoms with Crippen LogP contribution in [0.3, 0.4) is 0 Å². The minimum atomic E-state index is -0.155. The Labute approximate surface area is 117 Å². The number of morpholine rings is 1. The van der Waals surface area contributed by atoms with E-state index >= 15 is 0 Å². The van der Waals surface area contributed by atoms with Gasteiger partial charge in [-0.1, -0.05) is 13.8 Å². The summed E-state index contributed by atoms with van der Waals surface area (Å²) in [5, 5.41) is 7.15. The molecule has 1 aromatic rings. The van der Waals surface area contributed by atoms with Gasteiger partial charge in [0, 0.05) is 25.4 Å². The Balaban J connectivity index is 1.69. The first-order chi connectivity index (χ1) is 9.65. The summed E-state index contributed by atoms with van der Waals surface area (Å²) in [4.78, 5) is 18.3. The van der Waals surface area contributed by atoms with Gasteiger partial charge in [-0.2, -0.15) is 5.10 Å². The zero-order valence-electron chi connectivity index (χ0n) is 11.8. The zero-order chi connectivity index (χ0) is 14.1. The number of hydrogen-bond donors (Lipinski definition) is 1. The molecule has 2 fully saturated rings. The molecule has 0 unspecified atom stereocenters. The lowest BCUT2D eigenvalue weighted by molar-refractivity contribution is -0.144. The van der Waals surface area contributed by atoms with Crippen LogP contribution in [0.4, 0.5) is 0 Å². The molecule has 3 heterocycles. The molecule has 2 aliphatic rings. The van der Waals surface area contributed by atoms with Gasteiger partial charge in [-0.05, 0) is 0 Å². The molecule has 3 rings (SSSR count). The molecule has 1 aromatic heterocycles. The van der Waals surface area contributed by atoms with Crippen molar-refractivity contribution in [2.24, 2.45) is 0 Å². The molecule has 0 aliphatic carbocycles. The fourth-order valence-corrected chi connectivity index (χ4v) is 2.62. The molecule has 20 heavy (non-hydrogen) atoms. The minimum absolute atomic E-state index is 0.119. The Morgan fingerprint density at radius 3 is 2.90 bits per heavy atom. The summed E-state index contributed by atoms with van der Waals surface area (Å²) >= 11 is 0. The van der Waals surface area contributed by atoms with Crippen LogP contribution in [0, 0.1) is 0 Å². The summed E-state index contributed by atoms with van der Waals surface area (Å²) in [5.74, 6) is 1.70. The molecule has 0 spiro atoms. The number of rotatable bonds is 3. The monoisotopic (exact) mass is 280 g/mol. The molecule has 0 aromatic carbocycles. The number of nitrogens with one attached hydrogen (secondary N) is 1. The summed E-state index contributed by atoms with van der Waals surface area (Å²) in [6.45, 7) is 6.61. The van der Waals surface area contributed by atoms with E-state index in [0.29, 0.717) is 19.8 Å². The van der Waals surface area contributed by atoms with Crippen LogP contribution >= 0.6 is 0 Å². The fourth-order valence-electron chi connectivity index (χ4n) is 2.62. The molecular formula is C13H20N4O3. The van der Waals surface area contributed by atoms with Crippen LogP contribution in [0.15, 0.2) is 0 Å². The predicted molar refractivity (Wildman–Crippen MR) is 70.1 cm³/mol. The van der Waals surface area contributed by atoms with E-state index in [9.17, 15) is 4.79 Å².